The summed E-state index contributed by atoms with van der Waals surface area (Å²) >= 11 is 0. The normalized spacial score (nSPS) is 38.5. The molecule has 4 aliphatic carbocycles. The Labute approximate surface area is 196 Å². The van der Waals surface area contributed by atoms with Gasteiger partial charge in [-0.15, -0.1) is 0 Å². The van der Waals surface area contributed by atoms with Crippen LogP contribution in [0.3, 0.4) is 0 Å². The van der Waals surface area contributed by atoms with Crippen molar-refractivity contribution in [3.63, 3.8) is 0 Å². The molecule has 4 aliphatic rings. The van der Waals surface area contributed by atoms with E-state index in [9.17, 15) is 0 Å². The van der Waals surface area contributed by atoms with Crippen LogP contribution < -0.4 is 0 Å². The fourth-order valence-electron chi connectivity index (χ4n) is 8.30. The summed E-state index contributed by atoms with van der Waals surface area (Å²) in [6.45, 7) is 15.2. The van der Waals surface area contributed by atoms with Gasteiger partial charge in [-0.3, -0.25) is 0 Å². The second-order valence-corrected chi connectivity index (χ2v) is 12.9. The number of fused-ring (bicyclic) bond motifs is 3. The van der Waals surface area contributed by atoms with Crippen LogP contribution >= 0.6 is 0 Å². The van der Waals surface area contributed by atoms with Gasteiger partial charge in [-0.1, -0.05) is 114 Å². The summed E-state index contributed by atoms with van der Waals surface area (Å²) in [7, 11) is 0. The molecule has 8 atom stereocenters. The molecule has 0 aromatic heterocycles. The average Bonchev–Trinajstić information content (AvgIpc) is 3.33. The lowest BCUT2D eigenvalue weighted by atomic mass is 9.59. The molecule has 5 rings (SSSR count). The molecule has 0 heterocycles. The van der Waals surface area contributed by atoms with Gasteiger partial charge in [0, 0.05) is 0 Å². The third-order valence-corrected chi connectivity index (χ3v) is 9.88. The second kappa shape index (κ2) is 7.89. The van der Waals surface area contributed by atoms with E-state index in [0.717, 1.165) is 17.8 Å². The smallest absolute Gasteiger partial charge is 0.00211 e. The van der Waals surface area contributed by atoms with Crippen molar-refractivity contribution < 1.29 is 0 Å². The summed E-state index contributed by atoms with van der Waals surface area (Å²) in [6.07, 6.45) is 19.9. The van der Waals surface area contributed by atoms with E-state index in [1.807, 2.05) is 0 Å². The first-order valence-corrected chi connectivity index (χ1v) is 13.0. The Morgan fingerprint density at radius 3 is 2.06 bits per heavy atom. The van der Waals surface area contributed by atoms with E-state index < -0.39 is 0 Å². The molecule has 0 saturated heterocycles. The van der Waals surface area contributed by atoms with Gasteiger partial charge in [0.05, 0.1) is 0 Å². The molecule has 0 spiro atoms. The highest BCUT2D eigenvalue weighted by molar-refractivity contribution is 5.72. The van der Waals surface area contributed by atoms with Crippen LogP contribution in [0.2, 0.25) is 0 Å². The van der Waals surface area contributed by atoms with E-state index >= 15 is 0 Å². The van der Waals surface area contributed by atoms with Crippen molar-refractivity contribution in [3.8, 4) is 0 Å². The zero-order chi connectivity index (χ0) is 22.7. The molecule has 8 unspecified atom stereocenters. The van der Waals surface area contributed by atoms with Crippen LogP contribution in [0.15, 0.2) is 72.9 Å². The summed E-state index contributed by atoms with van der Waals surface area (Å²) in [5.41, 5.74) is 3.70. The van der Waals surface area contributed by atoms with Gasteiger partial charge >= 0.3 is 0 Å². The van der Waals surface area contributed by atoms with E-state index in [1.165, 1.54) is 18.4 Å². The van der Waals surface area contributed by atoms with E-state index in [4.69, 9.17) is 0 Å². The van der Waals surface area contributed by atoms with Gasteiger partial charge in [-0.05, 0) is 82.2 Å². The van der Waals surface area contributed by atoms with Gasteiger partial charge < -0.3 is 0 Å². The van der Waals surface area contributed by atoms with Crippen molar-refractivity contribution in [1.82, 2.24) is 0 Å². The molecule has 2 fully saturated rings. The van der Waals surface area contributed by atoms with Crippen molar-refractivity contribution in [2.45, 2.75) is 54.4 Å². The van der Waals surface area contributed by atoms with Gasteiger partial charge in [-0.25, -0.2) is 0 Å². The van der Waals surface area contributed by atoms with Crippen LogP contribution in [0.1, 0.15) is 59.9 Å². The SMILES string of the molecule is CC1CC(C(C)(C)C)CC1C(C)(C)C1C2C=CC=CC2C2C(c3ccccc3)=CC=CC21. The van der Waals surface area contributed by atoms with Crippen molar-refractivity contribution in [1.29, 1.82) is 0 Å². The fraction of sp³-hybridized carbons (Fsp3) is 0.562. The van der Waals surface area contributed by atoms with Crippen LogP contribution in [-0.2, 0) is 0 Å². The number of benzene rings is 1. The Hall–Kier alpha value is -1.82. The Kier molecular flexibility index (Phi) is 5.43. The molecular formula is C32H42. The summed E-state index contributed by atoms with van der Waals surface area (Å²) < 4.78 is 0. The predicted molar refractivity (Wildman–Crippen MR) is 138 cm³/mol. The van der Waals surface area contributed by atoms with Gasteiger partial charge in [0.15, 0.2) is 0 Å². The third-order valence-electron chi connectivity index (χ3n) is 9.88. The minimum atomic E-state index is 0.320. The highest BCUT2D eigenvalue weighted by Crippen LogP contribution is 2.64. The maximum Gasteiger partial charge on any atom is -0.00211 e. The summed E-state index contributed by atoms with van der Waals surface area (Å²) in [5, 5.41) is 0. The highest BCUT2D eigenvalue weighted by atomic mass is 14.6. The molecule has 1 aromatic rings. The van der Waals surface area contributed by atoms with E-state index in [2.05, 4.69) is 114 Å². The van der Waals surface area contributed by atoms with E-state index in [1.54, 1.807) is 5.57 Å². The lowest BCUT2D eigenvalue weighted by Gasteiger charge is -2.45. The summed E-state index contributed by atoms with van der Waals surface area (Å²) in [6, 6.07) is 11.2. The Morgan fingerprint density at radius 1 is 0.750 bits per heavy atom. The van der Waals surface area contributed by atoms with E-state index in [0.29, 0.717) is 40.4 Å². The molecule has 0 bridgehead atoms. The Balaban J connectivity index is 1.52. The number of hydrogen-bond acceptors (Lipinski definition) is 0. The van der Waals surface area contributed by atoms with Gasteiger partial charge in [0.25, 0.3) is 0 Å². The van der Waals surface area contributed by atoms with Gasteiger partial charge in [-0.2, -0.15) is 0 Å². The molecule has 170 valence electrons. The highest BCUT2D eigenvalue weighted by Gasteiger charge is 2.58. The maximum atomic E-state index is 2.63. The van der Waals surface area contributed by atoms with Crippen molar-refractivity contribution in [2.75, 3.05) is 0 Å². The number of rotatable bonds is 3. The molecule has 0 amide bonds. The number of allylic oxidation sites excluding steroid dienone is 8. The molecule has 0 nitrogen and oxygen atoms in total. The Bertz CT molecular complexity index is 948. The van der Waals surface area contributed by atoms with Crippen LogP contribution in [0.25, 0.3) is 5.57 Å². The first-order valence-electron chi connectivity index (χ1n) is 13.0. The van der Waals surface area contributed by atoms with E-state index in [-0.39, 0.29) is 0 Å². The van der Waals surface area contributed by atoms with Crippen molar-refractivity contribution in [3.05, 3.63) is 78.4 Å². The Morgan fingerprint density at radius 2 is 1.41 bits per heavy atom. The minimum Gasteiger partial charge on any atom is -0.0805 e. The molecule has 0 N–H and O–H groups in total. The second-order valence-electron chi connectivity index (χ2n) is 12.9. The quantitative estimate of drug-likeness (QED) is 0.454. The van der Waals surface area contributed by atoms with Gasteiger partial charge in [0.2, 0.25) is 0 Å². The van der Waals surface area contributed by atoms with Crippen LogP contribution in [-0.4, -0.2) is 0 Å². The van der Waals surface area contributed by atoms with Crippen LogP contribution in [0, 0.1) is 58.2 Å². The molecule has 1 aromatic carbocycles. The number of hydrogen-bond donors (Lipinski definition) is 0. The zero-order valence-electron chi connectivity index (χ0n) is 21.0. The van der Waals surface area contributed by atoms with Crippen molar-refractivity contribution in [2.24, 2.45) is 58.2 Å². The summed E-state index contributed by atoms with van der Waals surface area (Å²) in [5.74, 6) is 5.61. The largest absolute Gasteiger partial charge is 0.0805 e. The molecule has 32 heavy (non-hydrogen) atoms. The van der Waals surface area contributed by atoms with Crippen LogP contribution in [0.5, 0.6) is 0 Å². The first-order chi connectivity index (χ1) is 15.2. The minimum absolute atomic E-state index is 0.320. The fourth-order valence-corrected chi connectivity index (χ4v) is 8.30. The lowest BCUT2D eigenvalue weighted by molar-refractivity contribution is 0.0501. The average molecular weight is 427 g/mol. The van der Waals surface area contributed by atoms with Gasteiger partial charge in [0.1, 0.15) is 0 Å². The first kappa shape index (κ1) is 22.0. The molecule has 0 aliphatic heterocycles. The third kappa shape index (κ3) is 3.49. The lowest BCUT2D eigenvalue weighted by Crippen LogP contribution is -2.39. The molecule has 0 radical (unpaired) electrons. The van der Waals surface area contributed by atoms with Crippen LogP contribution in [0.4, 0.5) is 0 Å². The molecule has 2 saturated carbocycles. The zero-order valence-corrected chi connectivity index (χ0v) is 21.0. The molecule has 0 heteroatoms. The standard InChI is InChI=1S/C32H42/c1-21-19-23(31(2,3)4)20-28(21)32(5,6)30-26-16-11-10-15-25(26)29-24(17-12-18-27(29)30)22-13-8-7-9-14-22/h7-18,21,23,25-30H,19-20H2,1-6H3. The summed E-state index contributed by atoms with van der Waals surface area (Å²) in [4.78, 5) is 0. The molecular weight excluding hydrogens is 384 g/mol. The monoisotopic (exact) mass is 426 g/mol. The predicted octanol–water partition coefficient (Wildman–Crippen LogP) is 8.60. The maximum absolute atomic E-state index is 2.63. The van der Waals surface area contributed by atoms with Crippen molar-refractivity contribution >= 4 is 5.57 Å². The topological polar surface area (TPSA) is 0 Å².